The van der Waals surface area contributed by atoms with Crippen LogP contribution in [0.1, 0.15) is 0 Å². The molecule has 0 unspecified atom stereocenters. The summed E-state index contributed by atoms with van der Waals surface area (Å²) in [5.41, 5.74) is 0. The van der Waals surface area contributed by atoms with Gasteiger partial charge in [0.25, 0.3) is 0 Å². The monoisotopic (exact) mass is 136 g/mol. The molecule has 10 heavy (non-hydrogen) atoms. The highest BCUT2D eigenvalue weighted by atomic mass is 16.1. The molecule has 1 aromatic heterocycles. The number of carbonyl (C=O) groups excluding carboxylic acids is 1. The largest absolute Gasteiger partial charge is 0.352 e. The molecule has 3 nitrogen and oxygen atoms in total. The van der Waals surface area contributed by atoms with Crippen LogP contribution in [0.25, 0.3) is 0 Å². The Morgan fingerprint density at radius 3 is 2.70 bits per heavy atom. The lowest BCUT2D eigenvalue weighted by Crippen LogP contribution is -1.96. The van der Waals surface area contributed by atoms with E-state index >= 15 is 0 Å². The van der Waals surface area contributed by atoms with Crippen molar-refractivity contribution in [2.45, 2.75) is 6.54 Å². The van der Waals surface area contributed by atoms with Gasteiger partial charge >= 0.3 is 0 Å². The van der Waals surface area contributed by atoms with Gasteiger partial charge in [0.1, 0.15) is 0 Å². The zero-order chi connectivity index (χ0) is 7.23. The molecule has 0 aromatic carbocycles. The standard InChI is InChI=1S/C7H8N2O/c10-7-8-3-6-9-4-1-2-5-9/h1-2,4-5H,3,6H2. The van der Waals surface area contributed by atoms with Gasteiger partial charge in [-0.25, -0.2) is 9.79 Å². The molecule has 0 spiro atoms. The van der Waals surface area contributed by atoms with E-state index in [4.69, 9.17) is 0 Å². The summed E-state index contributed by atoms with van der Waals surface area (Å²) in [4.78, 5) is 13.1. The molecule has 0 bridgehead atoms. The van der Waals surface area contributed by atoms with Crippen molar-refractivity contribution in [2.24, 2.45) is 4.99 Å². The van der Waals surface area contributed by atoms with Crippen molar-refractivity contribution in [1.82, 2.24) is 4.57 Å². The van der Waals surface area contributed by atoms with Gasteiger partial charge in [0.2, 0.25) is 6.08 Å². The first-order valence-electron chi connectivity index (χ1n) is 3.08. The molecular weight excluding hydrogens is 128 g/mol. The third-order valence-electron chi connectivity index (χ3n) is 1.20. The van der Waals surface area contributed by atoms with Gasteiger partial charge in [0.15, 0.2) is 0 Å². The molecule has 52 valence electrons. The van der Waals surface area contributed by atoms with Gasteiger partial charge in [-0.3, -0.25) is 0 Å². The van der Waals surface area contributed by atoms with Crippen LogP contribution in [-0.4, -0.2) is 17.2 Å². The average molecular weight is 136 g/mol. The summed E-state index contributed by atoms with van der Waals surface area (Å²) >= 11 is 0. The highest BCUT2D eigenvalue weighted by Gasteiger charge is 1.84. The average Bonchev–Trinajstić information content (AvgIpc) is 2.41. The second-order valence-electron chi connectivity index (χ2n) is 1.89. The zero-order valence-electron chi connectivity index (χ0n) is 5.53. The molecule has 0 fully saturated rings. The van der Waals surface area contributed by atoms with E-state index in [-0.39, 0.29) is 0 Å². The summed E-state index contributed by atoms with van der Waals surface area (Å²) in [5.74, 6) is 0. The van der Waals surface area contributed by atoms with Crippen LogP contribution in [0.3, 0.4) is 0 Å². The van der Waals surface area contributed by atoms with E-state index in [1.807, 2.05) is 29.1 Å². The predicted octanol–water partition coefficient (Wildman–Crippen LogP) is 0.824. The second-order valence-corrected chi connectivity index (χ2v) is 1.89. The molecule has 3 heteroatoms. The molecule has 0 aliphatic carbocycles. The molecule has 1 heterocycles. The third-order valence-corrected chi connectivity index (χ3v) is 1.20. The summed E-state index contributed by atoms with van der Waals surface area (Å²) in [5, 5.41) is 0. The summed E-state index contributed by atoms with van der Waals surface area (Å²) < 4.78 is 1.96. The van der Waals surface area contributed by atoms with Crippen LogP contribution in [0.15, 0.2) is 29.5 Å². The third kappa shape index (κ3) is 1.88. The topological polar surface area (TPSA) is 34.4 Å². The fraction of sp³-hybridized carbons (Fsp3) is 0.286. The van der Waals surface area contributed by atoms with E-state index in [9.17, 15) is 4.79 Å². The summed E-state index contributed by atoms with van der Waals surface area (Å²) in [6.45, 7) is 1.26. The Hall–Kier alpha value is -1.34. The molecule has 0 amide bonds. The van der Waals surface area contributed by atoms with Gasteiger partial charge in [-0.15, -0.1) is 0 Å². The van der Waals surface area contributed by atoms with Gasteiger partial charge < -0.3 is 4.57 Å². The Balaban J connectivity index is 2.34. The van der Waals surface area contributed by atoms with Crippen molar-refractivity contribution in [3.63, 3.8) is 0 Å². The lowest BCUT2D eigenvalue weighted by atomic mass is 10.6. The summed E-state index contributed by atoms with van der Waals surface area (Å²) in [6.07, 6.45) is 5.35. The first-order chi connectivity index (χ1) is 4.93. The van der Waals surface area contributed by atoms with Gasteiger partial charge in [0, 0.05) is 18.9 Å². The number of hydrogen-bond acceptors (Lipinski definition) is 2. The van der Waals surface area contributed by atoms with Crippen LogP contribution in [0.4, 0.5) is 0 Å². The van der Waals surface area contributed by atoms with Crippen molar-refractivity contribution in [3.05, 3.63) is 24.5 Å². The molecule has 0 radical (unpaired) electrons. The molecule has 0 aliphatic rings. The van der Waals surface area contributed by atoms with Crippen LogP contribution in [0, 0.1) is 0 Å². The Kier molecular flexibility index (Phi) is 2.47. The molecule has 1 rings (SSSR count). The van der Waals surface area contributed by atoms with Gasteiger partial charge in [-0.1, -0.05) is 0 Å². The van der Waals surface area contributed by atoms with E-state index in [0.717, 1.165) is 6.54 Å². The number of rotatable bonds is 3. The Labute approximate surface area is 59.0 Å². The normalized spacial score (nSPS) is 8.80. The highest BCUT2D eigenvalue weighted by molar-refractivity contribution is 5.32. The maximum Gasteiger partial charge on any atom is 0.235 e. The summed E-state index contributed by atoms with van der Waals surface area (Å²) in [6, 6.07) is 3.87. The highest BCUT2D eigenvalue weighted by Crippen LogP contribution is 1.88. The number of hydrogen-bond donors (Lipinski definition) is 0. The lowest BCUT2D eigenvalue weighted by molar-refractivity contribution is 0.561. The maximum atomic E-state index is 9.63. The SMILES string of the molecule is O=C=NCCn1cccc1. The smallest absolute Gasteiger partial charge is 0.235 e. The molecule has 0 N–H and O–H groups in total. The molecule has 0 aliphatic heterocycles. The quantitative estimate of drug-likeness (QED) is 0.447. The second kappa shape index (κ2) is 3.64. The Bertz CT molecular complexity index is 222. The minimum absolute atomic E-state index is 0.512. The van der Waals surface area contributed by atoms with E-state index in [1.54, 1.807) is 0 Å². The zero-order valence-corrected chi connectivity index (χ0v) is 5.53. The number of nitrogens with zero attached hydrogens (tertiary/aromatic N) is 2. The molecular formula is C7H8N2O. The van der Waals surface area contributed by atoms with Crippen LogP contribution in [0.2, 0.25) is 0 Å². The van der Waals surface area contributed by atoms with Crippen molar-refractivity contribution < 1.29 is 4.79 Å². The van der Waals surface area contributed by atoms with Gasteiger partial charge in [0.05, 0.1) is 6.54 Å². The van der Waals surface area contributed by atoms with Crippen molar-refractivity contribution in [1.29, 1.82) is 0 Å². The minimum Gasteiger partial charge on any atom is -0.352 e. The van der Waals surface area contributed by atoms with Crippen molar-refractivity contribution in [2.75, 3.05) is 6.54 Å². The Morgan fingerprint density at radius 2 is 2.10 bits per heavy atom. The van der Waals surface area contributed by atoms with Gasteiger partial charge in [-0.05, 0) is 12.1 Å². The number of isocyanates is 1. The maximum absolute atomic E-state index is 9.63. The minimum atomic E-state index is 0.512. The Morgan fingerprint density at radius 1 is 1.40 bits per heavy atom. The van der Waals surface area contributed by atoms with Crippen LogP contribution < -0.4 is 0 Å². The molecule has 0 saturated carbocycles. The van der Waals surface area contributed by atoms with E-state index in [0.29, 0.717) is 6.54 Å². The van der Waals surface area contributed by atoms with Gasteiger partial charge in [-0.2, -0.15) is 0 Å². The lowest BCUT2D eigenvalue weighted by Gasteiger charge is -1.94. The first-order valence-corrected chi connectivity index (χ1v) is 3.08. The molecule has 0 saturated heterocycles. The van der Waals surface area contributed by atoms with E-state index in [1.165, 1.54) is 6.08 Å². The van der Waals surface area contributed by atoms with E-state index in [2.05, 4.69) is 4.99 Å². The fourth-order valence-electron chi connectivity index (χ4n) is 0.730. The van der Waals surface area contributed by atoms with Crippen LogP contribution >= 0.6 is 0 Å². The number of aliphatic imine (C=N–C) groups is 1. The van der Waals surface area contributed by atoms with Crippen LogP contribution in [0.5, 0.6) is 0 Å². The first kappa shape index (κ1) is 6.78. The molecule has 1 aromatic rings. The van der Waals surface area contributed by atoms with Crippen molar-refractivity contribution in [3.8, 4) is 0 Å². The van der Waals surface area contributed by atoms with Crippen molar-refractivity contribution >= 4 is 6.08 Å². The fourth-order valence-corrected chi connectivity index (χ4v) is 0.730. The number of aromatic nitrogens is 1. The summed E-state index contributed by atoms with van der Waals surface area (Å²) in [7, 11) is 0. The van der Waals surface area contributed by atoms with Crippen LogP contribution in [-0.2, 0) is 11.3 Å². The van der Waals surface area contributed by atoms with E-state index < -0.39 is 0 Å². The predicted molar refractivity (Wildman–Crippen MR) is 37.4 cm³/mol. The molecule has 0 atom stereocenters.